The van der Waals surface area contributed by atoms with Crippen LogP contribution in [0.3, 0.4) is 0 Å². The summed E-state index contributed by atoms with van der Waals surface area (Å²) in [7, 11) is -4.17. The topological polar surface area (TPSA) is 86.8 Å². The molecule has 2 amide bonds. The Morgan fingerprint density at radius 1 is 0.950 bits per heavy atom. The molecule has 0 fully saturated rings. The fraction of sp³-hybridized carbons (Fsp3) is 0.333. The van der Waals surface area contributed by atoms with Crippen LogP contribution >= 0.6 is 23.2 Å². The Kier molecular flexibility index (Phi) is 11.0. The van der Waals surface area contributed by atoms with Gasteiger partial charge >= 0.3 is 0 Å². The molecule has 0 saturated carbocycles. The molecule has 1 atom stereocenters. The summed E-state index contributed by atoms with van der Waals surface area (Å²) >= 11 is 12.6. The van der Waals surface area contributed by atoms with Crippen LogP contribution in [-0.4, -0.2) is 44.3 Å². The fourth-order valence-electron chi connectivity index (χ4n) is 4.15. The van der Waals surface area contributed by atoms with Gasteiger partial charge < -0.3 is 10.2 Å². The lowest BCUT2D eigenvalue weighted by Gasteiger charge is -2.33. The minimum Gasteiger partial charge on any atom is -0.354 e. The first-order chi connectivity index (χ1) is 18.9. The SMILES string of the molecule is CC[C@@H](C(=O)NCC(C)C)N(Cc1ccccc1Cl)C(=O)CN(c1cccc(Cl)c1)S(=O)(=O)c1ccc(C)cc1. The van der Waals surface area contributed by atoms with Crippen molar-refractivity contribution in [1.29, 1.82) is 0 Å². The first kappa shape index (κ1) is 31.5. The quantitative estimate of drug-likeness (QED) is 0.272. The number of carbonyl (C=O) groups is 2. The Morgan fingerprint density at radius 2 is 1.62 bits per heavy atom. The highest BCUT2D eigenvalue weighted by molar-refractivity contribution is 7.92. The van der Waals surface area contributed by atoms with Crippen molar-refractivity contribution in [3.63, 3.8) is 0 Å². The lowest BCUT2D eigenvalue weighted by Crippen LogP contribution is -2.52. The van der Waals surface area contributed by atoms with Crippen LogP contribution in [0.1, 0.15) is 38.3 Å². The Labute approximate surface area is 247 Å². The summed E-state index contributed by atoms with van der Waals surface area (Å²) in [5.74, 6) is -0.651. The second-order valence-electron chi connectivity index (χ2n) is 9.98. The lowest BCUT2D eigenvalue weighted by molar-refractivity contribution is -0.140. The lowest BCUT2D eigenvalue weighted by atomic mass is 10.1. The number of hydrogen-bond donors (Lipinski definition) is 1. The van der Waals surface area contributed by atoms with E-state index in [1.807, 2.05) is 27.7 Å². The van der Waals surface area contributed by atoms with Crippen LogP contribution in [0.5, 0.6) is 0 Å². The molecule has 0 unspecified atom stereocenters. The molecule has 0 aromatic heterocycles. The van der Waals surface area contributed by atoms with Gasteiger partial charge in [0.25, 0.3) is 10.0 Å². The number of nitrogens with zero attached hydrogens (tertiary/aromatic N) is 2. The number of rotatable bonds is 12. The third kappa shape index (κ3) is 7.99. The number of amides is 2. The first-order valence-electron chi connectivity index (χ1n) is 13.1. The minimum atomic E-state index is -4.17. The number of hydrogen-bond acceptors (Lipinski definition) is 4. The van der Waals surface area contributed by atoms with Crippen molar-refractivity contribution in [2.75, 3.05) is 17.4 Å². The summed E-state index contributed by atoms with van der Waals surface area (Å²) in [6.45, 7) is 7.55. The van der Waals surface area contributed by atoms with E-state index in [2.05, 4.69) is 5.32 Å². The Morgan fingerprint density at radius 3 is 2.23 bits per heavy atom. The molecule has 0 spiro atoms. The van der Waals surface area contributed by atoms with Gasteiger partial charge in [-0.25, -0.2) is 8.42 Å². The smallest absolute Gasteiger partial charge is 0.264 e. The van der Waals surface area contributed by atoms with Crippen molar-refractivity contribution < 1.29 is 18.0 Å². The molecular formula is C30H35Cl2N3O4S. The van der Waals surface area contributed by atoms with Crippen molar-refractivity contribution in [2.24, 2.45) is 5.92 Å². The van der Waals surface area contributed by atoms with Crippen LogP contribution in [0, 0.1) is 12.8 Å². The van der Waals surface area contributed by atoms with Gasteiger partial charge in [0.2, 0.25) is 11.8 Å². The van der Waals surface area contributed by atoms with Gasteiger partial charge in [-0.15, -0.1) is 0 Å². The maximum atomic E-state index is 14.1. The van der Waals surface area contributed by atoms with Crippen molar-refractivity contribution in [3.8, 4) is 0 Å². The molecule has 0 radical (unpaired) electrons. The molecule has 10 heteroatoms. The van der Waals surface area contributed by atoms with Crippen LogP contribution in [-0.2, 0) is 26.2 Å². The molecule has 3 aromatic rings. The monoisotopic (exact) mass is 603 g/mol. The van der Waals surface area contributed by atoms with Crippen molar-refractivity contribution >= 4 is 50.7 Å². The third-order valence-electron chi connectivity index (χ3n) is 6.35. The fourth-order valence-corrected chi connectivity index (χ4v) is 5.94. The second-order valence-corrected chi connectivity index (χ2v) is 12.7. The van der Waals surface area contributed by atoms with E-state index in [1.54, 1.807) is 54.6 Å². The second kappa shape index (κ2) is 14.0. The average Bonchev–Trinajstić information content (AvgIpc) is 2.91. The first-order valence-corrected chi connectivity index (χ1v) is 15.3. The van der Waals surface area contributed by atoms with E-state index in [4.69, 9.17) is 23.2 Å². The number of carbonyl (C=O) groups excluding carboxylic acids is 2. The highest BCUT2D eigenvalue weighted by Gasteiger charge is 2.34. The number of anilines is 1. The zero-order chi connectivity index (χ0) is 29.4. The van der Waals surface area contributed by atoms with Gasteiger partial charge in [-0.05, 0) is 61.2 Å². The van der Waals surface area contributed by atoms with Gasteiger partial charge in [0, 0.05) is 23.1 Å². The molecule has 1 N–H and O–H groups in total. The molecule has 3 rings (SSSR count). The van der Waals surface area contributed by atoms with Crippen molar-refractivity contribution in [2.45, 2.75) is 51.6 Å². The molecule has 3 aromatic carbocycles. The van der Waals surface area contributed by atoms with E-state index in [1.165, 1.54) is 23.1 Å². The van der Waals surface area contributed by atoms with Crippen LogP contribution in [0.15, 0.2) is 77.7 Å². The van der Waals surface area contributed by atoms with Crippen molar-refractivity contribution in [1.82, 2.24) is 10.2 Å². The molecule has 0 aliphatic heterocycles. The van der Waals surface area contributed by atoms with Crippen LogP contribution in [0.4, 0.5) is 5.69 Å². The summed E-state index contributed by atoms with van der Waals surface area (Å²) in [5, 5.41) is 3.67. The molecule has 0 heterocycles. The largest absolute Gasteiger partial charge is 0.354 e. The molecule has 0 aliphatic rings. The van der Waals surface area contributed by atoms with Crippen LogP contribution < -0.4 is 9.62 Å². The molecule has 0 aliphatic carbocycles. The van der Waals surface area contributed by atoms with E-state index in [9.17, 15) is 18.0 Å². The Hall–Kier alpha value is -3.07. The van der Waals surface area contributed by atoms with Gasteiger partial charge in [-0.2, -0.15) is 0 Å². The molecule has 0 saturated heterocycles. The summed E-state index contributed by atoms with van der Waals surface area (Å²) in [4.78, 5) is 28.8. The minimum absolute atomic E-state index is 0.0279. The number of benzene rings is 3. The number of nitrogens with one attached hydrogen (secondary N) is 1. The van der Waals surface area contributed by atoms with E-state index >= 15 is 0 Å². The normalized spacial score (nSPS) is 12.2. The highest BCUT2D eigenvalue weighted by Crippen LogP contribution is 2.27. The predicted octanol–water partition coefficient (Wildman–Crippen LogP) is 6.08. The van der Waals surface area contributed by atoms with Gasteiger partial charge in [0.05, 0.1) is 10.6 Å². The molecular weight excluding hydrogens is 569 g/mol. The van der Waals surface area contributed by atoms with E-state index in [0.717, 1.165) is 9.87 Å². The third-order valence-corrected chi connectivity index (χ3v) is 8.74. The van der Waals surface area contributed by atoms with Gasteiger partial charge in [-0.1, -0.05) is 85.9 Å². The zero-order valence-electron chi connectivity index (χ0n) is 23.1. The van der Waals surface area contributed by atoms with E-state index < -0.39 is 28.5 Å². The van der Waals surface area contributed by atoms with E-state index in [-0.39, 0.29) is 29.0 Å². The highest BCUT2D eigenvalue weighted by atomic mass is 35.5. The summed E-state index contributed by atoms with van der Waals surface area (Å²) in [5.41, 5.74) is 1.77. The number of sulfonamides is 1. The van der Waals surface area contributed by atoms with Crippen LogP contribution in [0.25, 0.3) is 0 Å². The summed E-state index contributed by atoms with van der Waals surface area (Å²) in [6, 6.07) is 18.9. The van der Waals surface area contributed by atoms with Gasteiger partial charge in [-0.3, -0.25) is 13.9 Å². The van der Waals surface area contributed by atoms with Crippen molar-refractivity contribution in [3.05, 3.63) is 94.0 Å². The Bertz CT molecular complexity index is 1430. The standard InChI is InChI=1S/C30H35Cl2N3O4S/c1-5-28(30(37)33-18-21(2)3)34(19-23-9-6-7-12-27(23)32)29(36)20-35(25-11-8-10-24(31)17-25)40(38,39)26-15-13-22(4)14-16-26/h6-17,21,28H,5,18-20H2,1-4H3,(H,33,37)/t28-/m0/s1. The zero-order valence-corrected chi connectivity index (χ0v) is 25.4. The maximum Gasteiger partial charge on any atom is 0.264 e. The number of halogens is 2. The molecule has 214 valence electrons. The van der Waals surface area contributed by atoms with Gasteiger partial charge in [0.1, 0.15) is 12.6 Å². The average molecular weight is 605 g/mol. The maximum absolute atomic E-state index is 14.1. The molecule has 40 heavy (non-hydrogen) atoms. The van der Waals surface area contributed by atoms with Crippen LogP contribution in [0.2, 0.25) is 10.0 Å². The van der Waals surface area contributed by atoms with E-state index in [0.29, 0.717) is 28.6 Å². The summed E-state index contributed by atoms with van der Waals surface area (Å²) < 4.78 is 28.8. The van der Waals surface area contributed by atoms with Gasteiger partial charge in [0.15, 0.2) is 0 Å². The number of aryl methyl sites for hydroxylation is 1. The molecule has 0 bridgehead atoms. The summed E-state index contributed by atoms with van der Waals surface area (Å²) in [6.07, 6.45) is 0.321. The predicted molar refractivity (Wildman–Crippen MR) is 161 cm³/mol. The Balaban J connectivity index is 2.06. The molecule has 7 nitrogen and oxygen atoms in total.